The van der Waals surface area contributed by atoms with Gasteiger partial charge < -0.3 is 9.84 Å². The number of aliphatic hydroxyl groups is 1. The predicted octanol–water partition coefficient (Wildman–Crippen LogP) is 2.88. The molecule has 0 fully saturated rings. The number of benzene rings is 2. The van der Waals surface area contributed by atoms with Gasteiger partial charge in [0.15, 0.2) is 11.4 Å². The van der Waals surface area contributed by atoms with Crippen LogP contribution in [0.3, 0.4) is 0 Å². The molecule has 0 aromatic heterocycles. The number of hydrogen-bond acceptors (Lipinski definition) is 4. The van der Waals surface area contributed by atoms with E-state index in [1.165, 1.54) is 13.2 Å². The maximum Gasteiger partial charge on any atom is 0.342 e. The zero-order valence-corrected chi connectivity index (χ0v) is 12.8. The molecule has 0 heterocycles. The van der Waals surface area contributed by atoms with Crippen molar-refractivity contribution in [3.05, 3.63) is 77.9 Å². The number of Topliss-reactive ketones (excluding diaryl/α,β-unsaturated/α-hetero) is 1. The lowest BCUT2D eigenvalue weighted by Gasteiger charge is -2.20. The lowest BCUT2D eigenvalue weighted by molar-refractivity contribution is -0.156. The predicted molar refractivity (Wildman–Crippen MR) is 87.8 cm³/mol. The highest BCUT2D eigenvalue weighted by Crippen LogP contribution is 2.20. The summed E-state index contributed by atoms with van der Waals surface area (Å²) in [5, 5.41) is 10.6. The Kier molecular flexibility index (Phi) is 5.44. The summed E-state index contributed by atoms with van der Waals surface area (Å²) in [4.78, 5) is 24.2. The first-order valence-electron chi connectivity index (χ1n) is 7.18. The first kappa shape index (κ1) is 16.6. The molecule has 4 nitrogen and oxygen atoms in total. The van der Waals surface area contributed by atoms with E-state index in [0.29, 0.717) is 5.56 Å². The summed E-state index contributed by atoms with van der Waals surface area (Å²) < 4.78 is 4.65. The van der Waals surface area contributed by atoms with E-state index >= 15 is 0 Å². The van der Waals surface area contributed by atoms with E-state index in [1.54, 1.807) is 36.4 Å². The lowest BCUT2D eigenvalue weighted by atomic mass is 9.92. The molecule has 2 rings (SSSR count). The molecule has 0 saturated heterocycles. The zero-order chi connectivity index (χ0) is 16.7. The molecular weight excluding hydrogens is 292 g/mol. The van der Waals surface area contributed by atoms with Crippen LogP contribution >= 0.6 is 0 Å². The van der Waals surface area contributed by atoms with Crippen LogP contribution in [-0.2, 0) is 9.53 Å². The van der Waals surface area contributed by atoms with Gasteiger partial charge in [-0.3, -0.25) is 4.79 Å². The minimum Gasteiger partial charge on any atom is -0.467 e. The Labute approximate surface area is 135 Å². The van der Waals surface area contributed by atoms with Gasteiger partial charge in [0, 0.05) is 5.56 Å². The van der Waals surface area contributed by atoms with E-state index in [2.05, 4.69) is 4.74 Å². The van der Waals surface area contributed by atoms with Gasteiger partial charge in [0.2, 0.25) is 0 Å². The Bertz CT molecular complexity index is 692. The normalized spacial score (nSPS) is 13.5. The van der Waals surface area contributed by atoms with Crippen molar-refractivity contribution in [2.75, 3.05) is 7.11 Å². The van der Waals surface area contributed by atoms with Crippen molar-refractivity contribution in [1.29, 1.82) is 0 Å². The molecule has 0 radical (unpaired) electrons. The van der Waals surface area contributed by atoms with E-state index in [4.69, 9.17) is 0 Å². The Morgan fingerprint density at radius 2 is 1.61 bits per heavy atom. The number of rotatable bonds is 6. The van der Waals surface area contributed by atoms with Crippen LogP contribution in [0.2, 0.25) is 0 Å². The van der Waals surface area contributed by atoms with Gasteiger partial charge in [-0.05, 0) is 11.6 Å². The third kappa shape index (κ3) is 4.37. The van der Waals surface area contributed by atoms with Crippen LogP contribution in [0.5, 0.6) is 0 Å². The Morgan fingerprint density at radius 1 is 1.04 bits per heavy atom. The monoisotopic (exact) mass is 310 g/mol. The van der Waals surface area contributed by atoms with Crippen molar-refractivity contribution in [2.24, 2.45) is 0 Å². The zero-order valence-electron chi connectivity index (χ0n) is 12.8. The summed E-state index contributed by atoms with van der Waals surface area (Å²) >= 11 is 0. The molecule has 1 atom stereocenters. The molecule has 4 heteroatoms. The quantitative estimate of drug-likeness (QED) is 0.658. The first-order chi connectivity index (χ1) is 11.0. The van der Waals surface area contributed by atoms with Gasteiger partial charge in [-0.1, -0.05) is 66.7 Å². The van der Waals surface area contributed by atoms with Gasteiger partial charge >= 0.3 is 5.97 Å². The number of methoxy groups -OCH3 is 1. The topological polar surface area (TPSA) is 63.6 Å². The molecule has 2 aromatic rings. The van der Waals surface area contributed by atoms with Crippen LogP contribution in [0.25, 0.3) is 6.08 Å². The highest BCUT2D eigenvalue weighted by molar-refractivity contribution is 6.00. The fourth-order valence-corrected chi connectivity index (χ4v) is 2.14. The van der Waals surface area contributed by atoms with Gasteiger partial charge in [0.1, 0.15) is 0 Å². The lowest BCUT2D eigenvalue weighted by Crippen LogP contribution is -2.39. The molecule has 23 heavy (non-hydrogen) atoms. The van der Waals surface area contributed by atoms with Gasteiger partial charge in [0.05, 0.1) is 13.5 Å². The molecular formula is C19H18O4. The molecule has 2 aromatic carbocycles. The highest BCUT2D eigenvalue weighted by Gasteiger charge is 2.37. The Hall–Kier alpha value is -2.72. The smallest absolute Gasteiger partial charge is 0.342 e. The van der Waals surface area contributed by atoms with Crippen LogP contribution in [0, 0.1) is 0 Å². The van der Waals surface area contributed by atoms with E-state index in [9.17, 15) is 14.7 Å². The summed E-state index contributed by atoms with van der Waals surface area (Å²) in [6.07, 6.45) is 2.51. The second kappa shape index (κ2) is 7.51. The molecule has 0 aliphatic rings. The summed E-state index contributed by atoms with van der Waals surface area (Å²) in [7, 11) is 1.18. The van der Waals surface area contributed by atoms with Crippen molar-refractivity contribution >= 4 is 17.8 Å². The van der Waals surface area contributed by atoms with Crippen molar-refractivity contribution in [1.82, 2.24) is 0 Å². The average molecular weight is 310 g/mol. The van der Waals surface area contributed by atoms with Crippen LogP contribution in [0.15, 0.2) is 66.7 Å². The van der Waals surface area contributed by atoms with Gasteiger partial charge in [-0.2, -0.15) is 0 Å². The second-order valence-electron chi connectivity index (χ2n) is 5.13. The van der Waals surface area contributed by atoms with Gasteiger partial charge in [-0.15, -0.1) is 0 Å². The standard InChI is InChI=1S/C19H18O4/c1-23-18(21)19(22,13-12-15-8-4-2-5-9-15)14-17(20)16-10-6-3-7-11-16/h2-13,22H,14H2,1H3/b13-12+/t19-/m0/s1. The van der Waals surface area contributed by atoms with E-state index in [-0.39, 0.29) is 12.2 Å². The third-order valence-electron chi connectivity index (χ3n) is 3.42. The average Bonchev–Trinajstić information content (AvgIpc) is 2.61. The highest BCUT2D eigenvalue weighted by atomic mass is 16.5. The minimum atomic E-state index is -2.00. The van der Waals surface area contributed by atoms with E-state index in [0.717, 1.165) is 5.56 Å². The minimum absolute atomic E-state index is 0.337. The second-order valence-corrected chi connectivity index (χ2v) is 5.13. The number of esters is 1. The Morgan fingerprint density at radius 3 is 2.17 bits per heavy atom. The molecule has 0 amide bonds. The van der Waals surface area contributed by atoms with Gasteiger partial charge in [0.25, 0.3) is 0 Å². The van der Waals surface area contributed by atoms with E-state index < -0.39 is 11.6 Å². The fraction of sp³-hybridized carbons (Fsp3) is 0.158. The van der Waals surface area contributed by atoms with Crippen LogP contribution in [0.1, 0.15) is 22.3 Å². The molecule has 0 bridgehead atoms. The molecule has 0 aliphatic carbocycles. The van der Waals surface area contributed by atoms with Crippen LogP contribution in [0.4, 0.5) is 0 Å². The van der Waals surface area contributed by atoms with Crippen molar-refractivity contribution < 1.29 is 19.4 Å². The molecule has 118 valence electrons. The number of carbonyl (C=O) groups is 2. The maximum absolute atomic E-state index is 12.3. The summed E-state index contributed by atoms with van der Waals surface area (Å²) in [6, 6.07) is 17.7. The van der Waals surface area contributed by atoms with Crippen molar-refractivity contribution in [3.8, 4) is 0 Å². The largest absolute Gasteiger partial charge is 0.467 e. The number of hydrogen-bond donors (Lipinski definition) is 1. The number of ether oxygens (including phenoxy) is 1. The third-order valence-corrected chi connectivity index (χ3v) is 3.42. The number of ketones is 1. The molecule has 0 unspecified atom stereocenters. The molecule has 0 saturated carbocycles. The maximum atomic E-state index is 12.3. The van der Waals surface area contributed by atoms with Crippen LogP contribution in [-0.4, -0.2) is 29.6 Å². The summed E-state index contributed by atoms with van der Waals surface area (Å²) in [6.45, 7) is 0. The van der Waals surface area contributed by atoms with Crippen molar-refractivity contribution in [3.63, 3.8) is 0 Å². The molecule has 0 aliphatic heterocycles. The summed E-state index contributed by atoms with van der Waals surface area (Å²) in [5.41, 5.74) is -0.762. The molecule has 1 N–H and O–H groups in total. The van der Waals surface area contributed by atoms with E-state index in [1.807, 2.05) is 30.3 Å². The SMILES string of the molecule is COC(=O)[C@](O)(/C=C/c1ccccc1)CC(=O)c1ccccc1. The van der Waals surface area contributed by atoms with Crippen LogP contribution < -0.4 is 0 Å². The van der Waals surface area contributed by atoms with Gasteiger partial charge in [-0.25, -0.2) is 4.79 Å². The first-order valence-corrected chi connectivity index (χ1v) is 7.18. The fourth-order valence-electron chi connectivity index (χ4n) is 2.14. The number of carbonyl (C=O) groups excluding carboxylic acids is 2. The summed E-state index contributed by atoms with van der Waals surface area (Å²) in [5.74, 6) is -1.20. The molecule has 0 spiro atoms. The Balaban J connectivity index is 2.24. The van der Waals surface area contributed by atoms with Crippen molar-refractivity contribution in [2.45, 2.75) is 12.0 Å².